The summed E-state index contributed by atoms with van der Waals surface area (Å²) in [5, 5.41) is 0. The molecule has 0 bridgehead atoms. The Hall–Kier alpha value is -0.650. The lowest BCUT2D eigenvalue weighted by Crippen LogP contribution is -2.06. The third-order valence-electron chi connectivity index (χ3n) is 2.67. The van der Waals surface area contributed by atoms with Gasteiger partial charge in [0.15, 0.2) is 4.77 Å². The van der Waals surface area contributed by atoms with E-state index in [9.17, 15) is 0 Å². The van der Waals surface area contributed by atoms with Gasteiger partial charge in [0.25, 0.3) is 0 Å². The summed E-state index contributed by atoms with van der Waals surface area (Å²) >= 11 is 5.23. The monoisotopic (exact) mass is 258 g/mol. The maximum Gasteiger partial charge on any atom is 0.177 e. The van der Waals surface area contributed by atoms with Crippen LogP contribution < -0.4 is 0 Å². The van der Waals surface area contributed by atoms with Crippen molar-refractivity contribution in [3.63, 3.8) is 0 Å². The molecule has 0 amide bonds. The molecule has 0 saturated carbocycles. The van der Waals surface area contributed by atoms with Gasteiger partial charge in [0.2, 0.25) is 0 Å². The van der Waals surface area contributed by atoms with Crippen molar-refractivity contribution in [2.24, 2.45) is 0 Å². The number of methoxy groups -OCH3 is 1. The first-order chi connectivity index (χ1) is 8.29. The molecule has 0 aliphatic heterocycles. The highest BCUT2D eigenvalue weighted by atomic mass is 32.1. The average Bonchev–Trinajstić information content (AvgIpc) is 2.69. The molecule has 1 aromatic rings. The number of hydrogen-bond donors (Lipinski definition) is 1. The minimum Gasteiger partial charge on any atom is -0.382 e. The Bertz CT molecular complexity index is 360. The number of aryl methyl sites for hydroxylation is 1. The highest BCUT2D eigenvalue weighted by molar-refractivity contribution is 7.71. The molecule has 0 unspecified atom stereocenters. The number of hydrogen-bond acceptors (Lipinski definition) is 3. The van der Waals surface area contributed by atoms with E-state index in [1.54, 1.807) is 7.11 Å². The van der Waals surface area contributed by atoms with Crippen molar-refractivity contribution in [1.29, 1.82) is 0 Å². The van der Waals surface area contributed by atoms with Crippen molar-refractivity contribution < 1.29 is 9.47 Å². The van der Waals surface area contributed by atoms with Crippen molar-refractivity contribution in [3.8, 4) is 0 Å². The van der Waals surface area contributed by atoms with Crippen LogP contribution in [-0.2, 0) is 22.4 Å². The molecule has 1 N–H and O–H groups in total. The summed E-state index contributed by atoms with van der Waals surface area (Å²) in [4.78, 5) is 3.09. The number of unbranched alkanes of at least 4 members (excludes halogenated alkanes) is 1. The molecule has 0 aliphatic rings. The molecule has 0 radical (unpaired) electrons. The van der Waals surface area contributed by atoms with Crippen molar-refractivity contribution in [3.05, 3.63) is 16.7 Å². The second kappa shape index (κ2) is 8.44. The molecule has 0 aromatic carbocycles. The Balaban J connectivity index is 2.17. The molecule has 4 nitrogen and oxygen atoms in total. The first-order valence-electron chi connectivity index (χ1n) is 6.13. The molecule has 98 valence electrons. The summed E-state index contributed by atoms with van der Waals surface area (Å²) in [7, 11) is 1.68. The smallest absolute Gasteiger partial charge is 0.177 e. The fourth-order valence-corrected chi connectivity index (χ4v) is 1.96. The van der Waals surface area contributed by atoms with Crippen molar-refractivity contribution >= 4 is 12.2 Å². The van der Waals surface area contributed by atoms with Gasteiger partial charge in [-0.25, -0.2) is 0 Å². The Morgan fingerprint density at radius 3 is 2.82 bits per heavy atom. The van der Waals surface area contributed by atoms with Gasteiger partial charge >= 0.3 is 0 Å². The normalized spacial score (nSPS) is 10.9. The summed E-state index contributed by atoms with van der Waals surface area (Å²) in [5.74, 6) is 0. The quantitative estimate of drug-likeness (QED) is 0.546. The van der Waals surface area contributed by atoms with E-state index in [0.717, 1.165) is 37.2 Å². The van der Waals surface area contributed by atoms with Crippen molar-refractivity contribution in [2.45, 2.75) is 32.7 Å². The third kappa shape index (κ3) is 5.02. The van der Waals surface area contributed by atoms with Gasteiger partial charge in [0, 0.05) is 32.2 Å². The average molecular weight is 258 g/mol. The van der Waals surface area contributed by atoms with Crippen LogP contribution in [0, 0.1) is 4.77 Å². The number of aromatic nitrogens is 2. The minimum atomic E-state index is 0.669. The fraction of sp³-hybridized carbons (Fsp3) is 0.750. The van der Waals surface area contributed by atoms with Gasteiger partial charge in [0.05, 0.1) is 13.2 Å². The molecular weight excluding hydrogens is 236 g/mol. The van der Waals surface area contributed by atoms with E-state index in [2.05, 4.69) is 16.5 Å². The molecule has 0 saturated heterocycles. The molecule has 0 spiro atoms. The van der Waals surface area contributed by atoms with Gasteiger partial charge in [-0.1, -0.05) is 6.92 Å². The van der Waals surface area contributed by atoms with Gasteiger partial charge in [-0.15, -0.1) is 0 Å². The molecular formula is C12H22N2O2S. The number of aromatic amines is 1. The van der Waals surface area contributed by atoms with E-state index < -0.39 is 0 Å². The van der Waals surface area contributed by atoms with Crippen LogP contribution in [0.5, 0.6) is 0 Å². The molecule has 0 aliphatic carbocycles. The number of H-pyrrole nitrogens is 1. The lowest BCUT2D eigenvalue weighted by atomic mass is 10.3. The van der Waals surface area contributed by atoms with Crippen LogP contribution >= 0.6 is 12.2 Å². The van der Waals surface area contributed by atoms with Crippen molar-refractivity contribution in [2.75, 3.05) is 26.9 Å². The van der Waals surface area contributed by atoms with Crippen LogP contribution in [0.1, 0.15) is 25.5 Å². The number of imidazole rings is 1. The van der Waals surface area contributed by atoms with Crippen LogP contribution in [0.25, 0.3) is 0 Å². The summed E-state index contributed by atoms with van der Waals surface area (Å²) in [5.41, 5.74) is 1.27. The standard InChI is InChI=1S/C12H22N2O2S/c1-3-11-10-13-12(17)14(11)6-4-5-7-16-9-8-15-2/h10H,3-9H2,1-2H3,(H,13,17). The van der Waals surface area contributed by atoms with Crippen LogP contribution in [0.3, 0.4) is 0 Å². The van der Waals surface area contributed by atoms with Gasteiger partial charge < -0.3 is 19.0 Å². The minimum absolute atomic E-state index is 0.669. The van der Waals surface area contributed by atoms with E-state index in [1.165, 1.54) is 5.69 Å². The second-order valence-electron chi connectivity index (χ2n) is 3.90. The lowest BCUT2D eigenvalue weighted by Gasteiger charge is -2.07. The predicted molar refractivity (Wildman–Crippen MR) is 70.9 cm³/mol. The molecule has 0 fully saturated rings. The van der Waals surface area contributed by atoms with E-state index in [1.807, 2.05) is 6.20 Å². The molecule has 17 heavy (non-hydrogen) atoms. The van der Waals surface area contributed by atoms with Crippen molar-refractivity contribution in [1.82, 2.24) is 9.55 Å². The lowest BCUT2D eigenvalue weighted by molar-refractivity contribution is 0.0684. The Labute approximate surface area is 108 Å². The van der Waals surface area contributed by atoms with E-state index in [4.69, 9.17) is 21.7 Å². The summed E-state index contributed by atoms with van der Waals surface area (Å²) in [6.45, 7) is 5.26. The second-order valence-corrected chi connectivity index (χ2v) is 4.29. The summed E-state index contributed by atoms with van der Waals surface area (Å²) in [6, 6.07) is 0. The van der Waals surface area contributed by atoms with Crippen LogP contribution in [-0.4, -0.2) is 36.5 Å². The van der Waals surface area contributed by atoms with Gasteiger partial charge in [-0.3, -0.25) is 0 Å². The number of rotatable bonds is 9. The first-order valence-corrected chi connectivity index (χ1v) is 6.54. The van der Waals surface area contributed by atoms with Gasteiger partial charge in [0.1, 0.15) is 0 Å². The molecule has 1 aromatic heterocycles. The third-order valence-corrected chi connectivity index (χ3v) is 3.01. The number of nitrogens with zero attached hydrogens (tertiary/aromatic N) is 1. The zero-order chi connectivity index (χ0) is 12.5. The zero-order valence-corrected chi connectivity index (χ0v) is 11.5. The topological polar surface area (TPSA) is 39.2 Å². The maximum absolute atomic E-state index is 5.41. The van der Waals surface area contributed by atoms with E-state index in [0.29, 0.717) is 13.2 Å². The Kier molecular flexibility index (Phi) is 7.16. The maximum atomic E-state index is 5.41. The Morgan fingerprint density at radius 1 is 1.29 bits per heavy atom. The van der Waals surface area contributed by atoms with E-state index in [-0.39, 0.29) is 0 Å². The summed E-state index contributed by atoms with van der Waals surface area (Å²) < 4.78 is 13.3. The SMILES string of the molecule is CCc1c[nH]c(=S)n1CCCCOCCOC. The van der Waals surface area contributed by atoms with Gasteiger partial charge in [-0.2, -0.15) is 0 Å². The predicted octanol–water partition coefficient (Wildman–Crippen LogP) is 2.55. The van der Waals surface area contributed by atoms with E-state index >= 15 is 0 Å². The summed E-state index contributed by atoms with van der Waals surface area (Å²) in [6.07, 6.45) is 5.15. The molecule has 1 rings (SSSR count). The van der Waals surface area contributed by atoms with Gasteiger partial charge in [-0.05, 0) is 31.5 Å². The van der Waals surface area contributed by atoms with Crippen LogP contribution in [0.4, 0.5) is 0 Å². The number of ether oxygens (including phenoxy) is 2. The molecule has 1 heterocycles. The molecule has 5 heteroatoms. The molecule has 0 atom stereocenters. The zero-order valence-electron chi connectivity index (χ0n) is 10.7. The Morgan fingerprint density at radius 2 is 2.12 bits per heavy atom. The first kappa shape index (κ1) is 14.4. The van der Waals surface area contributed by atoms with Crippen LogP contribution in [0.15, 0.2) is 6.20 Å². The largest absolute Gasteiger partial charge is 0.382 e. The number of nitrogens with one attached hydrogen (secondary N) is 1. The highest BCUT2D eigenvalue weighted by Crippen LogP contribution is 2.05. The highest BCUT2D eigenvalue weighted by Gasteiger charge is 2.01. The fourth-order valence-electron chi connectivity index (χ4n) is 1.69. The van der Waals surface area contributed by atoms with Crippen LogP contribution in [0.2, 0.25) is 0 Å².